The van der Waals surface area contributed by atoms with Crippen LogP contribution in [0.1, 0.15) is 68.3 Å². The van der Waals surface area contributed by atoms with Gasteiger partial charge in [-0.15, -0.1) is 12.4 Å². The molecule has 0 atom stereocenters. The van der Waals surface area contributed by atoms with Crippen LogP contribution >= 0.6 is 12.4 Å². The van der Waals surface area contributed by atoms with Crippen molar-refractivity contribution in [3.8, 4) is 17.2 Å². The molecule has 29 heavy (non-hydrogen) atoms. The number of aromatic carboxylic acids is 1. The van der Waals surface area contributed by atoms with Crippen molar-refractivity contribution in [2.45, 2.75) is 58.8 Å². The summed E-state index contributed by atoms with van der Waals surface area (Å²) in [5.41, 5.74) is 0.812. The first-order valence-electron chi connectivity index (χ1n) is 10.3. The average molecular weight is 432 g/mol. The molecule has 0 unspecified atom stereocenters. The summed E-state index contributed by atoms with van der Waals surface area (Å²) in [5.74, 6) is 0.274. The Morgan fingerprint density at radius 3 is 1.93 bits per heavy atom. The minimum atomic E-state index is -1.01. The molecular weight excluding hydrogens is 394 g/mol. The number of carboxylic acid groups (broad SMARTS) is 1. The molecule has 0 aliphatic carbocycles. The Hall–Kier alpha value is -1.66. The monoisotopic (exact) mass is 431 g/mol. The molecule has 168 valence electrons. The van der Waals surface area contributed by atoms with Crippen LogP contribution in [0.3, 0.4) is 0 Å². The normalized spacial score (nSPS) is 10.6. The highest BCUT2D eigenvalue weighted by Crippen LogP contribution is 2.40. The predicted octanol–water partition coefficient (Wildman–Crippen LogP) is 5.06. The third-order valence-electron chi connectivity index (χ3n) is 5.21. The summed E-state index contributed by atoms with van der Waals surface area (Å²) in [6.07, 6.45) is 7.45. The molecule has 0 fully saturated rings. The largest absolute Gasteiger partial charge is 0.496 e. The summed E-state index contributed by atoms with van der Waals surface area (Å²) in [7, 11) is 4.55. The van der Waals surface area contributed by atoms with Gasteiger partial charge in [-0.1, -0.05) is 39.5 Å². The maximum atomic E-state index is 11.8. The van der Waals surface area contributed by atoms with Gasteiger partial charge in [-0.3, -0.25) is 0 Å². The standard InChI is InChI=1S/C22H37NO5.ClH/c1-6-23(7-2)15-13-11-9-8-10-12-14-17-20(22(24)25)18(26-3)16-19(27-4)21(17)28-5;/h16H,6-15H2,1-5H3,(H,24,25);1H. The van der Waals surface area contributed by atoms with E-state index in [1.165, 1.54) is 40.0 Å². The van der Waals surface area contributed by atoms with E-state index in [9.17, 15) is 9.90 Å². The maximum absolute atomic E-state index is 11.8. The van der Waals surface area contributed by atoms with Crippen molar-refractivity contribution in [3.63, 3.8) is 0 Å². The molecule has 0 amide bonds. The summed E-state index contributed by atoms with van der Waals surface area (Å²) < 4.78 is 16.1. The van der Waals surface area contributed by atoms with Crippen LogP contribution in [-0.2, 0) is 6.42 Å². The van der Waals surface area contributed by atoms with Gasteiger partial charge in [0.2, 0.25) is 0 Å². The summed E-state index contributed by atoms with van der Waals surface area (Å²) >= 11 is 0. The zero-order chi connectivity index (χ0) is 20.9. The number of methoxy groups -OCH3 is 3. The molecule has 0 radical (unpaired) electrons. The second kappa shape index (κ2) is 15.2. The molecular formula is C22H38ClNO5. The fraction of sp³-hybridized carbons (Fsp3) is 0.682. The number of benzene rings is 1. The van der Waals surface area contributed by atoms with Crippen LogP contribution in [0.5, 0.6) is 17.2 Å². The van der Waals surface area contributed by atoms with Gasteiger partial charge in [-0.05, 0) is 38.9 Å². The van der Waals surface area contributed by atoms with Crippen LogP contribution in [0.25, 0.3) is 0 Å². The molecule has 0 heterocycles. The summed E-state index contributed by atoms with van der Waals surface area (Å²) in [6, 6.07) is 1.57. The summed E-state index contributed by atoms with van der Waals surface area (Å²) in [5, 5.41) is 9.67. The van der Waals surface area contributed by atoms with Gasteiger partial charge in [0.1, 0.15) is 11.3 Å². The minimum Gasteiger partial charge on any atom is -0.496 e. The van der Waals surface area contributed by atoms with Gasteiger partial charge in [0.05, 0.1) is 21.3 Å². The molecule has 1 rings (SSSR count). The Morgan fingerprint density at radius 2 is 1.45 bits per heavy atom. The van der Waals surface area contributed by atoms with Gasteiger partial charge >= 0.3 is 5.97 Å². The van der Waals surface area contributed by atoms with Gasteiger partial charge in [0, 0.05) is 11.6 Å². The van der Waals surface area contributed by atoms with Crippen molar-refractivity contribution in [3.05, 3.63) is 17.2 Å². The molecule has 7 heteroatoms. The number of nitrogens with zero attached hydrogens (tertiary/aromatic N) is 1. The third-order valence-corrected chi connectivity index (χ3v) is 5.21. The molecule has 0 aliphatic rings. The second-order valence-electron chi connectivity index (χ2n) is 6.87. The molecule has 0 spiro atoms. The number of rotatable bonds is 15. The zero-order valence-corrected chi connectivity index (χ0v) is 19.4. The summed E-state index contributed by atoms with van der Waals surface area (Å²) in [4.78, 5) is 14.3. The van der Waals surface area contributed by atoms with Crippen LogP contribution in [0.4, 0.5) is 0 Å². The molecule has 0 aliphatic heterocycles. The number of hydrogen-bond acceptors (Lipinski definition) is 5. The van der Waals surface area contributed by atoms with Crippen LogP contribution in [-0.4, -0.2) is 56.9 Å². The van der Waals surface area contributed by atoms with E-state index < -0.39 is 5.97 Å². The van der Waals surface area contributed by atoms with E-state index in [1.807, 2.05) is 0 Å². The van der Waals surface area contributed by atoms with Crippen molar-refractivity contribution in [2.75, 3.05) is 41.0 Å². The summed E-state index contributed by atoms with van der Waals surface area (Å²) in [6.45, 7) is 7.83. The lowest BCUT2D eigenvalue weighted by Crippen LogP contribution is -2.23. The minimum absolute atomic E-state index is 0. The molecule has 0 saturated heterocycles. The van der Waals surface area contributed by atoms with Crippen LogP contribution in [0.2, 0.25) is 0 Å². The highest BCUT2D eigenvalue weighted by atomic mass is 35.5. The van der Waals surface area contributed by atoms with E-state index in [0.29, 0.717) is 29.2 Å². The highest BCUT2D eigenvalue weighted by molar-refractivity contribution is 5.94. The van der Waals surface area contributed by atoms with Crippen molar-refractivity contribution in [1.29, 1.82) is 0 Å². The number of carbonyl (C=O) groups is 1. The lowest BCUT2D eigenvalue weighted by Gasteiger charge is -2.18. The molecule has 1 aromatic carbocycles. The Bertz CT molecular complexity index is 605. The van der Waals surface area contributed by atoms with Crippen LogP contribution in [0.15, 0.2) is 6.07 Å². The lowest BCUT2D eigenvalue weighted by atomic mass is 9.97. The van der Waals surface area contributed by atoms with Crippen LogP contribution < -0.4 is 14.2 Å². The smallest absolute Gasteiger partial charge is 0.339 e. The van der Waals surface area contributed by atoms with E-state index in [0.717, 1.165) is 32.4 Å². The Balaban J connectivity index is 0.00000784. The second-order valence-corrected chi connectivity index (χ2v) is 6.87. The number of hydrogen-bond donors (Lipinski definition) is 1. The molecule has 1 aromatic rings. The van der Waals surface area contributed by atoms with Gasteiger partial charge < -0.3 is 24.2 Å². The number of ether oxygens (including phenoxy) is 3. The molecule has 0 aromatic heterocycles. The van der Waals surface area contributed by atoms with Crippen molar-refractivity contribution in [2.24, 2.45) is 0 Å². The maximum Gasteiger partial charge on any atom is 0.339 e. The first kappa shape index (κ1) is 27.3. The van der Waals surface area contributed by atoms with Crippen LogP contribution in [0, 0.1) is 0 Å². The molecule has 0 bridgehead atoms. The van der Waals surface area contributed by atoms with Crippen molar-refractivity contribution in [1.82, 2.24) is 4.90 Å². The molecule has 6 nitrogen and oxygen atoms in total. The third kappa shape index (κ3) is 8.31. The topological polar surface area (TPSA) is 68.2 Å². The molecule has 1 N–H and O–H groups in total. The zero-order valence-electron chi connectivity index (χ0n) is 18.6. The van der Waals surface area contributed by atoms with Gasteiger partial charge in [0.25, 0.3) is 0 Å². The van der Waals surface area contributed by atoms with Crippen molar-refractivity contribution >= 4 is 18.4 Å². The van der Waals surface area contributed by atoms with E-state index in [4.69, 9.17) is 14.2 Å². The Kier molecular flexibility index (Phi) is 14.3. The number of carboxylic acids is 1. The van der Waals surface area contributed by atoms with Gasteiger partial charge in [-0.25, -0.2) is 4.79 Å². The SMILES string of the molecule is CCN(CC)CCCCCCCCc1c(OC)c(OC)cc(OC)c1C(=O)O.Cl. The van der Waals surface area contributed by atoms with Gasteiger partial charge in [0.15, 0.2) is 11.5 Å². The van der Waals surface area contributed by atoms with E-state index in [1.54, 1.807) is 13.2 Å². The fourth-order valence-electron chi connectivity index (χ4n) is 3.56. The predicted molar refractivity (Wildman–Crippen MR) is 119 cm³/mol. The molecule has 0 saturated carbocycles. The van der Waals surface area contributed by atoms with E-state index in [-0.39, 0.29) is 18.0 Å². The first-order chi connectivity index (χ1) is 13.5. The highest BCUT2D eigenvalue weighted by Gasteiger charge is 2.24. The Morgan fingerprint density at radius 1 is 0.897 bits per heavy atom. The van der Waals surface area contributed by atoms with E-state index >= 15 is 0 Å². The van der Waals surface area contributed by atoms with Crippen molar-refractivity contribution < 1.29 is 24.1 Å². The average Bonchev–Trinajstić information content (AvgIpc) is 2.71. The quantitative estimate of drug-likeness (QED) is 0.391. The van der Waals surface area contributed by atoms with E-state index in [2.05, 4.69) is 18.7 Å². The number of halogens is 1. The number of unbranched alkanes of at least 4 members (excludes halogenated alkanes) is 5. The fourth-order valence-corrected chi connectivity index (χ4v) is 3.56. The van der Waals surface area contributed by atoms with Gasteiger partial charge in [-0.2, -0.15) is 0 Å². The first-order valence-corrected chi connectivity index (χ1v) is 10.3. The lowest BCUT2D eigenvalue weighted by molar-refractivity contribution is 0.0691. The Labute approximate surface area is 181 Å².